The summed E-state index contributed by atoms with van der Waals surface area (Å²) in [6.07, 6.45) is 1.92. The van der Waals surface area contributed by atoms with E-state index in [4.69, 9.17) is 4.52 Å². The predicted molar refractivity (Wildman–Crippen MR) is 131 cm³/mol. The second-order valence-electron chi connectivity index (χ2n) is 9.61. The highest BCUT2D eigenvalue weighted by atomic mass is 16.5. The van der Waals surface area contributed by atoms with E-state index in [-0.39, 0.29) is 11.8 Å². The molecule has 1 atom stereocenters. The van der Waals surface area contributed by atoms with E-state index in [1.54, 1.807) is 0 Å². The number of aromatic nitrogens is 2. The maximum atomic E-state index is 13.6. The van der Waals surface area contributed by atoms with Crippen LogP contribution in [0, 0.1) is 25.7 Å². The second-order valence-corrected chi connectivity index (χ2v) is 9.61. The fourth-order valence-corrected chi connectivity index (χ4v) is 4.48. The average molecular weight is 447 g/mol. The van der Waals surface area contributed by atoms with Crippen molar-refractivity contribution < 1.29 is 9.32 Å². The summed E-state index contributed by atoms with van der Waals surface area (Å²) in [5.41, 5.74) is 4.50. The predicted octanol–water partition coefficient (Wildman–Crippen LogP) is 5.25. The lowest BCUT2D eigenvalue weighted by molar-refractivity contribution is -0.137. The van der Waals surface area contributed by atoms with Gasteiger partial charge in [-0.15, -0.1) is 0 Å². The van der Waals surface area contributed by atoms with Crippen LogP contribution in [-0.4, -0.2) is 40.6 Å². The van der Waals surface area contributed by atoms with Gasteiger partial charge < -0.3 is 14.3 Å². The van der Waals surface area contributed by atoms with Gasteiger partial charge in [-0.3, -0.25) is 4.79 Å². The maximum absolute atomic E-state index is 13.6. The number of nitrogens with zero attached hydrogens (tertiary/aromatic N) is 4. The van der Waals surface area contributed by atoms with Crippen LogP contribution in [-0.2, 0) is 11.3 Å². The molecule has 6 nitrogen and oxygen atoms in total. The molecule has 0 saturated carbocycles. The van der Waals surface area contributed by atoms with Crippen molar-refractivity contribution in [1.29, 1.82) is 0 Å². The molecule has 3 aromatic rings. The van der Waals surface area contributed by atoms with Crippen molar-refractivity contribution >= 4 is 11.6 Å². The standard InChI is InChI=1S/C27H34N4O2/c1-19(2)16-31(18-25-28-26(29-33-25)22-8-5-7-21(4)15-22)27(32)23-9-6-14-30(17-23)24-12-10-20(3)11-13-24/h5,7-8,10-13,15,19,23H,6,9,14,16-18H2,1-4H3/t23-/m0/s1. The first kappa shape index (κ1) is 23.0. The lowest BCUT2D eigenvalue weighted by atomic mass is 9.95. The number of rotatable bonds is 7. The summed E-state index contributed by atoms with van der Waals surface area (Å²) >= 11 is 0. The molecule has 174 valence electrons. The molecule has 33 heavy (non-hydrogen) atoms. The first-order chi connectivity index (χ1) is 15.9. The molecule has 4 rings (SSSR count). The quantitative estimate of drug-likeness (QED) is 0.496. The van der Waals surface area contributed by atoms with Crippen LogP contribution in [0.2, 0.25) is 0 Å². The van der Waals surface area contributed by atoms with Gasteiger partial charge in [-0.25, -0.2) is 0 Å². The first-order valence-electron chi connectivity index (χ1n) is 11.9. The lowest BCUT2D eigenvalue weighted by Crippen LogP contribution is -2.45. The molecular formula is C27H34N4O2. The summed E-state index contributed by atoms with van der Waals surface area (Å²) in [7, 11) is 0. The summed E-state index contributed by atoms with van der Waals surface area (Å²) in [4.78, 5) is 22.4. The molecule has 2 heterocycles. The van der Waals surface area contributed by atoms with Crippen molar-refractivity contribution in [2.24, 2.45) is 11.8 Å². The summed E-state index contributed by atoms with van der Waals surface area (Å²) in [5.74, 6) is 1.54. The smallest absolute Gasteiger partial charge is 0.246 e. The van der Waals surface area contributed by atoms with Gasteiger partial charge in [0.2, 0.25) is 17.6 Å². The van der Waals surface area contributed by atoms with Crippen molar-refractivity contribution in [3.63, 3.8) is 0 Å². The fraction of sp³-hybridized carbons (Fsp3) is 0.444. The molecule has 0 spiro atoms. The van der Waals surface area contributed by atoms with E-state index in [1.165, 1.54) is 11.3 Å². The van der Waals surface area contributed by atoms with Crippen molar-refractivity contribution in [2.45, 2.75) is 47.1 Å². The molecule has 0 radical (unpaired) electrons. The zero-order valence-electron chi connectivity index (χ0n) is 20.1. The molecule has 1 fully saturated rings. The third-order valence-electron chi connectivity index (χ3n) is 6.14. The molecule has 0 bridgehead atoms. The van der Waals surface area contributed by atoms with E-state index >= 15 is 0 Å². The van der Waals surface area contributed by atoms with Crippen molar-refractivity contribution in [3.8, 4) is 11.4 Å². The Balaban J connectivity index is 1.47. The van der Waals surface area contributed by atoms with Gasteiger partial charge in [-0.05, 0) is 50.8 Å². The number of hydrogen-bond donors (Lipinski definition) is 0. The highest BCUT2D eigenvalue weighted by Gasteiger charge is 2.30. The SMILES string of the molecule is Cc1ccc(N2CCC[C@H](C(=O)N(Cc3nc(-c4cccc(C)c4)no3)CC(C)C)C2)cc1. The minimum Gasteiger partial charge on any atom is -0.371 e. The first-order valence-corrected chi connectivity index (χ1v) is 11.9. The van der Waals surface area contributed by atoms with E-state index in [0.29, 0.717) is 30.7 Å². The Morgan fingerprint density at radius 1 is 1.15 bits per heavy atom. The molecule has 0 aliphatic carbocycles. The van der Waals surface area contributed by atoms with Gasteiger partial charge in [0, 0.05) is 30.9 Å². The zero-order valence-corrected chi connectivity index (χ0v) is 20.1. The molecular weight excluding hydrogens is 412 g/mol. The van der Waals surface area contributed by atoms with Gasteiger partial charge >= 0.3 is 0 Å². The number of piperidine rings is 1. The Labute approximate surface area is 196 Å². The summed E-state index contributed by atoms with van der Waals surface area (Å²) in [6.45, 7) is 11.1. The maximum Gasteiger partial charge on any atom is 0.246 e. The number of carbonyl (C=O) groups is 1. The van der Waals surface area contributed by atoms with E-state index in [1.807, 2.05) is 36.1 Å². The highest BCUT2D eigenvalue weighted by molar-refractivity contribution is 5.79. The Kier molecular flexibility index (Phi) is 7.11. The number of amides is 1. The van der Waals surface area contributed by atoms with Crippen molar-refractivity contribution in [1.82, 2.24) is 15.0 Å². The number of carbonyl (C=O) groups excluding carboxylic acids is 1. The van der Waals surface area contributed by atoms with Crippen molar-refractivity contribution in [3.05, 3.63) is 65.5 Å². The van der Waals surface area contributed by atoms with Crippen LogP contribution >= 0.6 is 0 Å². The zero-order chi connectivity index (χ0) is 23.4. The Morgan fingerprint density at radius 2 is 1.94 bits per heavy atom. The van der Waals surface area contributed by atoms with Crippen LogP contribution in [0.4, 0.5) is 5.69 Å². The summed E-state index contributed by atoms with van der Waals surface area (Å²) in [5, 5.41) is 4.16. The molecule has 1 amide bonds. The minimum atomic E-state index is -0.0297. The Morgan fingerprint density at radius 3 is 2.67 bits per heavy atom. The molecule has 1 aromatic heterocycles. The van der Waals surface area contributed by atoms with Crippen LogP contribution < -0.4 is 4.90 Å². The molecule has 2 aromatic carbocycles. The van der Waals surface area contributed by atoms with Crippen LogP contribution in [0.3, 0.4) is 0 Å². The molecule has 0 unspecified atom stereocenters. The lowest BCUT2D eigenvalue weighted by Gasteiger charge is -2.36. The Hall–Kier alpha value is -3.15. The highest BCUT2D eigenvalue weighted by Crippen LogP contribution is 2.26. The van der Waals surface area contributed by atoms with Gasteiger partial charge in [0.1, 0.15) is 6.54 Å². The average Bonchev–Trinajstić information content (AvgIpc) is 3.27. The van der Waals surface area contributed by atoms with Crippen LogP contribution in [0.1, 0.15) is 43.7 Å². The second kappa shape index (κ2) is 10.2. The Bertz CT molecular complexity index is 1070. The summed E-state index contributed by atoms with van der Waals surface area (Å²) in [6, 6.07) is 16.6. The van der Waals surface area contributed by atoms with E-state index in [9.17, 15) is 4.79 Å². The molecule has 1 aliphatic rings. The van der Waals surface area contributed by atoms with E-state index in [0.717, 1.165) is 37.1 Å². The van der Waals surface area contributed by atoms with Crippen LogP contribution in [0.25, 0.3) is 11.4 Å². The fourth-order valence-electron chi connectivity index (χ4n) is 4.48. The van der Waals surface area contributed by atoms with Crippen LogP contribution in [0.5, 0.6) is 0 Å². The number of aryl methyl sites for hydroxylation is 2. The number of hydrogen-bond acceptors (Lipinski definition) is 5. The summed E-state index contributed by atoms with van der Waals surface area (Å²) < 4.78 is 5.54. The molecule has 0 N–H and O–H groups in total. The monoisotopic (exact) mass is 446 g/mol. The third kappa shape index (κ3) is 5.81. The van der Waals surface area contributed by atoms with E-state index < -0.39 is 0 Å². The van der Waals surface area contributed by atoms with Gasteiger partial charge in [0.25, 0.3) is 0 Å². The molecule has 1 aliphatic heterocycles. The van der Waals surface area contributed by atoms with Crippen molar-refractivity contribution in [2.75, 3.05) is 24.5 Å². The van der Waals surface area contributed by atoms with Gasteiger partial charge in [-0.1, -0.05) is 60.5 Å². The topological polar surface area (TPSA) is 62.5 Å². The molecule has 6 heteroatoms. The largest absolute Gasteiger partial charge is 0.371 e. The third-order valence-corrected chi connectivity index (χ3v) is 6.14. The minimum absolute atomic E-state index is 0.0297. The van der Waals surface area contributed by atoms with Crippen LogP contribution in [0.15, 0.2) is 53.1 Å². The van der Waals surface area contributed by atoms with Gasteiger partial charge in [0.05, 0.1) is 5.92 Å². The molecule has 1 saturated heterocycles. The number of anilines is 1. The normalized spacial score (nSPS) is 16.3. The van der Waals surface area contributed by atoms with Gasteiger partial charge in [-0.2, -0.15) is 4.98 Å². The van der Waals surface area contributed by atoms with Gasteiger partial charge in [0.15, 0.2) is 0 Å². The number of benzene rings is 2. The van der Waals surface area contributed by atoms with E-state index in [2.05, 4.69) is 60.1 Å².